The van der Waals surface area contributed by atoms with Gasteiger partial charge in [0.1, 0.15) is 23.3 Å². The molecule has 28 heavy (non-hydrogen) atoms. The number of nitrogens with one attached hydrogen (secondary N) is 1. The number of fused-ring (bicyclic) bond motifs is 1. The molecule has 0 aliphatic heterocycles. The van der Waals surface area contributed by atoms with Crippen molar-refractivity contribution in [2.45, 2.75) is 6.92 Å². The highest BCUT2D eigenvalue weighted by Crippen LogP contribution is 2.39. The lowest BCUT2D eigenvalue weighted by molar-refractivity contribution is 0.340. The Bertz CT molecular complexity index is 1040. The third-order valence-corrected chi connectivity index (χ3v) is 4.30. The Morgan fingerprint density at radius 2 is 1.89 bits per heavy atom. The zero-order chi connectivity index (χ0) is 19.4. The first-order valence-corrected chi connectivity index (χ1v) is 8.63. The van der Waals surface area contributed by atoms with Gasteiger partial charge in [0.2, 0.25) is 0 Å². The van der Waals surface area contributed by atoms with Crippen LogP contribution in [0.2, 0.25) is 5.02 Å². The standard InChI is InChI=1S/C20H18ClN3O3.ClH/c1-4-27-13-5-6-16-14(7-13)20(12(10-22)11-23-16)24-17-8-15(21)18(25-2)9-19(17)26-3;/h5-9,11H,4H2,1-3H3,(H,23,24);1H. The number of benzene rings is 2. The van der Waals surface area contributed by atoms with Gasteiger partial charge in [-0.05, 0) is 31.2 Å². The monoisotopic (exact) mass is 419 g/mol. The van der Waals surface area contributed by atoms with Crippen LogP contribution in [-0.4, -0.2) is 25.8 Å². The van der Waals surface area contributed by atoms with Gasteiger partial charge in [0, 0.05) is 17.6 Å². The van der Waals surface area contributed by atoms with E-state index in [4.69, 9.17) is 25.8 Å². The first-order chi connectivity index (χ1) is 13.1. The summed E-state index contributed by atoms with van der Waals surface area (Å²) in [5, 5.41) is 14.0. The highest BCUT2D eigenvalue weighted by Gasteiger charge is 2.15. The van der Waals surface area contributed by atoms with Crippen LogP contribution in [0.25, 0.3) is 10.9 Å². The summed E-state index contributed by atoms with van der Waals surface area (Å²) in [7, 11) is 3.09. The summed E-state index contributed by atoms with van der Waals surface area (Å²) in [5.74, 6) is 1.73. The lowest BCUT2D eigenvalue weighted by Crippen LogP contribution is -2.00. The van der Waals surface area contributed by atoms with Crippen LogP contribution < -0.4 is 19.5 Å². The van der Waals surface area contributed by atoms with E-state index in [0.29, 0.717) is 45.8 Å². The lowest BCUT2D eigenvalue weighted by atomic mass is 10.1. The number of halogens is 2. The van der Waals surface area contributed by atoms with E-state index in [2.05, 4.69) is 16.4 Å². The van der Waals surface area contributed by atoms with Crippen molar-refractivity contribution in [3.63, 3.8) is 0 Å². The molecule has 0 saturated carbocycles. The van der Waals surface area contributed by atoms with Crippen LogP contribution in [0.15, 0.2) is 36.5 Å². The average molecular weight is 420 g/mol. The molecule has 3 aromatic rings. The second-order valence-electron chi connectivity index (χ2n) is 5.58. The third kappa shape index (κ3) is 4.16. The zero-order valence-electron chi connectivity index (χ0n) is 15.6. The van der Waals surface area contributed by atoms with E-state index in [0.717, 1.165) is 10.9 Å². The molecule has 1 heterocycles. The Morgan fingerprint density at radius 1 is 1.14 bits per heavy atom. The quantitative estimate of drug-likeness (QED) is 0.580. The Hall–Kier alpha value is -2.88. The number of methoxy groups -OCH3 is 2. The molecule has 0 aliphatic rings. The van der Waals surface area contributed by atoms with Crippen molar-refractivity contribution in [1.82, 2.24) is 4.98 Å². The topological polar surface area (TPSA) is 76.4 Å². The van der Waals surface area contributed by atoms with Crippen LogP contribution in [0.1, 0.15) is 12.5 Å². The molecule has 1 aromatic heterocycles. The van der Waals surface area contributed by atoms with E-state index in [9.17, 15) is 5.26 Å². The summed E-state index contributed by atoms with van der Waals surface area (Å²) in [6.45, 7) is 2.46. The molecule has 0 spiro atoms. The number of nitrogens with zero attached hydrogens (tertiary/aromatic N) is 2. The molecule has 0 atom stereocenters. The Labute approximate surface area is 174 Å². The van der Waals surface area contributed by atoms with Gasteiger partial charge in [-0.15, -0.1) is 12.4 Å². The number of anilines is 2. The lowest BCUT2D eigenvalue weighted by Gasteiger charge is -2.16. The predicted octanol–water partition coefficient (Wildman–Crippen LogP) is 5.34. The Morgan fingerprint density at radius 3 is 2.54 bits per heavy atom. The van der Waals surface area contributed by atoms with E-state index >= 15 is 0 Å². The number of nitriles is 1. The summed E-state index contributed by atoms with van der Waals surface area (Å²) in [6.07, 6.45) is 1.53. The Kier molecular flexibility index (Phi) is 7.16. The van der Waals surface area contributed by atoms with Crippen molar-refractivity contribution in [3.05, 3.63) is 47.1 Å². The van der Waals surface area contributed by atoms with Crippen LogP contribution in [0.3, 0.4) is 0 Å². The largest absolute Gasteiger partial charge is 0.495 e. The van der Waals surface area contributed by atoms with E-state index < -0.39 is 0 Å². The van der Waals surface area contributed by atoms with Crippen LogP contribution in [0.5, 0.6) is 17.2 Å². The van der Waals surface area contributed by atoms with Gasteiger partial charge in [-0.25, -0.2) is 0 Å². The molecular formula is C20H19Cl2N3O3. The molecule has 6 nitrogen and oxygen atoms in total. The van der Waals surface area contributed by atoms with E-state index in [-0.39, 0.29) is 12.4 Å². The van der Waals surface area contributed by atoms with Crippen LogP contribution in [-0.2, 0) is 0 Å². The molecule has 0 amide bonds. The summed E-state index contributed by atoms with van der Waals surface area (Å²) < 4.78 is 16.3. The normalized spacial score (nSPS) is 9.96. The molecule has 1 N–H and O–H groups in total. The zero-order valence-corrected chi connectivity index (χ0v) is 17.1. The van der Waals surface area contributed by atoms with Crippen molar-refractivity contribution >= 4 is 46.3 Å². The van der Waals surface area contributed by atoms with Gasteiger partial charge in [-0.3, -0.25) is 4.98 Å². The Balaban J connectivity index is 0.00000280. The molecule has 3 rings (SSSR count). The maximum atomic E-state index is 9.55. The highest BCUT2D eigenvalue weighted by atomic mass is 35.5. The molecule has 146 valence electrons. The van der Waals surface area contributed by atoms with Gasteiger partial charge < -0.3 is 19.5 Å². The second-order valence-corrected chi connectivity index (χ2v) is 5.99. The van der Waals surface area contributed by atoms with Crippen LogP contribution in [0.4, 0.5) is 11.4 Å². The number of rotatable bonds is 6. The number of ether oxygens (including phenoxy) is 3. The third-order valence-electron chi connectivity index (χ3n) is 4.00. The molecule has 0 unspecified atom stereocenters. The smallest absolute Gasteiger partial charge is 0.146 e. The van der Waals surface area contributed by atoms with Crippen LogP contribution in [0, 0.1) is 11.3 Å². The first kappa shape index (κ1) is 21.4. The van der Waals surface area contributed by atoms with Crippen molar-refractivity contribution in [1.29, 1.82) is 5.26 Å². The number of hydrogen-bond donors (Lipinski definition) is 1. The minimum Gasteiger partial charge on any atom is -0.495 e. The summed E-state index contributed by atoms with van der Waals surface area (Å²) in [5.41, 5.74) is 2.33. The predicted molar refractivity (Wildman–Crippen MR) is 113 cm³/mol. The highest BCUT2D eigenvalue weighted by molar-refractivity contribution is 6.32. The minimum atomic E-state index is 0. The molecule has 0 radical (unpaired) electrons. The second kappa shape index (κ2) is 9.36. The number of aromatic nitrogens is 1. The molecular weight excluding hydrogens is 401 g/mol. The van der Waals surface area contributed by atoms with Gasteiger partial charge in [0.05, 0.1) is 48.3 Å². The minimum absolute atomic E-state index is 0. The summed E-state index contributed by atoms with van der Waals surface area (Å²) in [6, 6.07) is 11.1. The van der Waals surface area contributed by atoms with Gasteiger partial charge in [-0.2, -0.15) is 5.26 Å². The molecule has 2 aromatic carbocycles. The van der Waals surface area contributed by atoms with Gasteiger partial charge in [0.25, 0.3) is 0 Å². The fourth-order valence-corrected chi connectivity index (χ4v) is 2.98. The fourth-order valence-electron chi connectivity index (χ4n) is 2.74. The van der Waals surface area contributed by atoms with Gasteiger partial charge >= 0.3 is 0 Å². The summed E-state index contributed by atoms with van der Waals surface area (Å²) >= 11 is 6.27. The number of pyridine rings is 1. The van der Waals surface area contributed by atoms with Crippen molar-refractivity contribution in [2.75, 3.05) is 26.1 Å². The average Bonchev–Trinajstić information content (AvgIpc) is 2.69. The SMILES string of the molecule is CCOc1ccc2ncc(C#N)c(Nc3cc(Cl)c(OC)cc3OC)c2c1.Cl. The maximum absolute atomic E-state index is 9.55. The van der Waals surface area contributed by atoms with Crippen molar-refractivity contribution in [3.8, 4) is 23.3 Å². The van der Waals surface area contributed by atoms with Crippen molar-refractivity contribution < 1.29 is 14.2 Å². The molecule has 8 heteroatoms. The number of hydrogen-bond acceptors (Lipinski definition) is 6. The van der Waals surface area contributed by atoms with E-state index in [1.165, 1.54) is 13.3 Å². The molecule has 0 aliphatic carbocycles. The van der Waals surface area contributed by atoms with Crippen molar-refractivity contribution in [2.24, 2.45) is 0 Å². The maximum Gasteiger partial charge on any atom is 0.146 e. The van der Waals surface area contributed by atoms with Gasteiger partial charge in [-0.1, -0.05) is 11.6 Å². The van der Waals surface area contributed by atoms with Gasteiger partial charge in [0.15, 0.2) is 0 Å². The van der Waals surface area contributed by atoms with E-state index in [1.807, 2.05) is 25.1 Å². The molecule has 0 bridgehead atoms. The first-order valence-electron chi connectivity index (χ1n) is 8.25. The van der Waals surface area contributed by atoms with E-state index in [1.54, 1.807) is 19.2 Å². The van der Waals surface area contributed by atoms with Crippen LogP contribution >= 0.6 is 24.0 Å². The summed E-state index contributed by atoms with van der Waals surface area (Å²) in [4.78, 5) is 4.35. The molecule has 0 fully saturated rings. The fraction of sp³-hybridized carbons (Fsp3) is 0.200. The molecule has 0 saturated heterocycles.